The lowest BCUT2D eigenvalue weighted by atomic mass is 10.2. The number of aryl methyl sites for hydroxylation is 1. The van der Waals surface area contributed by atoms with Crippen LogP contribution in [0, 0.1) is 12.7 Å². The zero-order valence-electron chi connectivity index (χ0n) is 14.9. The lowest BCUT2D eigenvalue weighted by Gasteiger charge is -2.08. The first kappa shape index (κ1) is 19.4. The van der Waals surface area contributed by atoms with E-state index in [0.717, 1.165) is 5.56 Å². The third-order valence-corrected chi connectivity index (χ3v) is 5.11. The highest BCUT2D eigenvalue weighted by molar-refractivity contribution is 7.99. The van der Waals surface area contributed by atoms with Gasteiger partial charge in [-0.2, -0.15) is 0 Å². The number of halogens is 2. The SMILES string of the molecule is CCn1c(SCC(=O)Nc2ccc(C)c(F)c2)nnc1-c1cccc(Cl)c1. The van der Waals surface area contributed by atoms with E-state index in [1.54, 1.807) is 25.1 Å². The molecule has 27 heavy (non-hydrogen) atoms. The van der Waals surface area contributed by atoms with Gasteiger partial charge in [0.1, 0.15) is 5.82 Å². The third-order valence-electron chi connectivity index (χ3n) is 3.90. The molecule has 0 atom stereocenters. The van der Waals surface area contributed by atoms with Gasteiger partial charge in [-0.25, -0.2) is 4.39 Å². The Morgan fingerprint density at radius 1 is 1.26 bits per heavy atom. The van der Waals surface area contributed by atoms with Gasteiger partial charge in [0.15, 0.2) is 11.0 Å². The van der Waals surface area contributed by atoms with Crippen molar-refractivity contribution in [1.82, 2.24) is 14.8 Å². The van der Waals surface area contributed by atoms with Crippen molar-refractivity contribution in [3.63, 3.8) is 0 Å². The van der Waals surface area contributed by atoms with Crippen molar-refractivity contribution in [1.29, 1.82) is 0 Å². The van der Waals surface area contributed by atoms with Gasteiger partial charge in [0.05, 0.1) is 5.75 Å². The average Bonchev–Trinajstić information content (AvgIpc) is 3.06. The fourth-order valence-corrected chi connectivity index (χ4v) is 3.51. The van der Waals surface area contributed by atoms with Gasteiger partial charge in [-0.05, 0) is 43.7 Å². The molecule has 5 nitrogen and oxygen atoms in total. The van der Waals surface area contributed by atoms with E-state index in [1.807, 2.05) is 29.7 Å². The lowest BCUT2D eigenvalue weighted by molar-refractivity contribution is -0.113. The number of hydrogen-bond donors (Lipinski definition) is 1. The fourth-order valence-electron chi connectivity index (χ4n) is 2.52. The van der Waals surface area contributed by atoms with Crippen LogP contribution in [0.2, 0.25) is 5.02 Å². The molecule has 1 N–H and O–H groups in total. The van der Waals surface area contributed by atoms with Gasteiger partial charge < -0.3 is 9.88 Å². The minimum atomic E-state index is -0.350. The van der Waals surface area contributed by atoms with Crippen molar-refractivity contribution in [3.05, 3.63) is 58.9 Å². The van der Waals surface area contributed by atoms with Crippen molar-refractivity contribution in [2.24, 2.45) is 0 Å². The Labute approximate surface area is 166 Å². The van der Waals surface area contributed by atoms with Crippen molar-refractivity contribution in [2.45, 2.75) is 25.5 Å². The van der Waals surface area contributed by atoms with Gasteiger partial charge in [0, 0.05) is 22.8 Å². The molecule has 0 saturated carbocycles. The van der Waals surface area contributed by atoms with Gasteiger partial charge in [-0.1, -0.05) is 41.6 Å². The zero-order valence-corrected chi connectivity index (χ0v) is 16.4. The molecular formula is C19H18ClFN4OS. The standard InChI is InChI=1S/C19H18ClFN4OS/c1-3-25-18(13-5-4-6-14(20)9-13)23-24-19(25)27-11-17(26)22-15-8-7-12(2)16(21)10-15/h4-10H,3,11H2,1-2H3,(H,22,26). The molecule has 1 aromatic heterocycles. The molecular weight excluding hydrogens is 387 g/mol. The van der Waals surface area contributed by atoms with Gasteiger partial charge in [0.2, 0.25) is 5.91 Å². The predicted octanol–water partition coefficient (Wildman–Crippen LogP) is 4.80. The summed E-state index contributed by atoms with van der Waals surface area (Å²) in [5.41, 5.74) is 1.83. The Bertz CT molecular complexity index is 976. The first-order valence-electron chi connectivity index (χ1n) is 8.36. The number of carbonyl (C=O) groups excluding carboxylic acids is 1. The van der Waals surface area contributed by atoms with E-state index >= 15 is 0 Å². The predicted molar refractivity (Wildman–Crippen MR) is 107 cm³/mol. The van der Waals surface area contributed by atoms with E-state index in [9.17, 15) is 9.18 Å². The summed E-state index contributed by atoms with van der Waals surface area (Å²) in [6, 6.07) is 12.0. The molecule has 0 unspecified atom stereocenters. The van der Waals surface area contributed by atoms with Crippen LogP contribution in [0.1, 0.15) is 12.5 Å². The Balaban J connectivity index is 1.69. The molecule has 0 aliphatic rings. The number of benzene rings is 2. The number of anilines is 1. The number of nitrogens with zero attached hydrogens (tertiary/aromatic N) is 3. The van der Waals surface area contributed by atoms with Crippen molar-refractivity contribution in [3.8, 4) is 11.4 Å². The Morgan fingerprint density at radius 3 is 2.78 bits per heavy atom. The van der Waals surface area contributed by atoms with E-state index in [2.05, 4.69) is 15.5 Å². The number of aromatic nitrogens is 3. The van der Waals surface area contributed by atoms with E-state index in [0.29, 0.717) is 33.8 Å². The highest BCUT2D eigenvalue weighted by Crippen LogP contribution is 2.26. The number of hydrogen-bond acceptors (Lipinski definition) is 4. The summed E-state index contributed by atoms with van der Waals surface area (Å²) in [5.74, 6) is 0.252. The summed E-state index contributed by atoms with van der Waals surface area (Å²) in [5, 5.41) is 12.4. The number of carbonyl (C=O) groups is 1. The van der Waals surface area contributed by atoms with Gasteiger partial charge in [0.25, 0.3) is 0 Å². The second-order valence-corrected chi connectivity index (χ2v) is 7.24. The van der Waals surface area contributed by atoms with Crippen LogP contribution >= 0.6 is 23.4 Å². The molecule has 3 aromatic rings. The summed E-state index contributed by atoms with van der Waals surface area (Å²) in [6.07, 6.45) is 0. The topological polar surface area (TPSA) is 59.8 Å². The lowest BCUT2D eigenvalue weighted by Crippen LogP contribution is -2.15. The van der Waals surface area contributed by atoms with Crippen LogP contribution < -0.4 is 5.32 Å². The van der Waals surface area contributed by atoms with E-state index in [1.165, 1.54) is 17.8 Å². The molecule has 0 spiro atoms. The van der Waals surface area contributed by atoms with Crippen LogP contribution in [0.25, 0.3) is 11.4 Å². The average molecular weight is 405 g/mol. The van der Waals surface area contributed by atoms with Crippen LogP contribution in [0.4, 0.5) is 10.1 Å². The van der Waals surface area contributed by atoms with Gasteiger partial charge >= 0.3 is 0 Å². The largest absolute Gasteiger partial charge is 0.325 e. The normalized spacial score (nSPS) is 10.8. The van der Waals surface area contributed by atoms with E-state index < -0.39 is 0 Å². The van der Waals surface area contributed by atoms with Crippen molar-refractivity contribution >= 4 is 35.0 Å². The molecule has 0 fully saturated rings. The number of nitrogens with one attached hydrogen (secondary N) is 1. The molecule has 0 aliphatic carbocycles. The van der Waals surface area contributed by atoms with E-state index in [4.69, 9.17) is 11.6 Å². The first-order valence-corrected chi connectivity index (χ1v) is 9.72. The summed E-state index contributed by atoms with van der Waals surface area (Å²) < 4.78 is 15.5. The Kier molecular flexibility index (Phi) is 6.13. The fraction of sp³-hybridized carbons (Fsp3) is 0.211. The van der Waals surface area contributed by atoms with Crippen molar-refractivity contribution in [2.75, 3.05) is 11.1 Å². The van der Waals surface area contributed by atoms with Crippen LogP contribution in [0.5, 0.6) is 0 Å². The molecule has 2 aromatic carbocycles. The molecule has 0 saturated heterocycles. The molecule has 1 amide bonds. The minimum Gasteiger partial charge on any atom is -0.325 e. The first-order chi connectivity index (χ1) is 13.0. The molecule has 3 rings (SSSR count). The molecule has 0 bridgehead atoms. The highest BCUT2D eigenvalue weighted by Gasteiger charge is 2.15. The number of rotatable bonds is 6. The van der Waals surface area contributed by atoms with Gasteiger partial charge in [-0.3, -0.25) is 4.79 Å². The molecule has 140 valence electrons. The van der Waals surface area contributed by atoms with E-state index in [-0.39, 0.29) is 17.5 Å². The molecule has 0 radical (unpaired) electrons. The second-order valence-electron chi connectivity index (χ2n) is 5.86. The number of thioether (sulfide) groups is 1. The quantitative estimate of drug-likeness (QED) is 0.599. The molecule has 0 aliphatic heterocycles. The molecule has 1 heterocycles. The summed E-state index contributed by atoms with van der Waals surface area (Å²) in [6.45, 7) is 4.31. The van der Waals surface area contributed by atoms with Gasteiger partial charge in [-0.15, -0.1) is 10.2 Å². The monoisotopic (exact) mass is 404 g/mol. The minimum absolute atomic E-state index is 0.142. The second kappa shape index (κ2) is 8.54. The molecule has 8 heteroatoms. The Hall–Kier alpha value is -2.38. The summed E-state index contributed by atoms with van der Waals surface area (Å²) >= 11 is 7.33. The van der Waals surface area contributed by atoms with Crippen LogP contribution in [-0.2, 0) is 11.3 Å². The van der Waals surface area contributed by atoms with Crippen LogP contribution in [0.15, 0.2) is 47.6 Å². The zero-order chi connectivity index (χ0) is 19.4. The summed E-state index contributed by atoms with van der Waals surface area (Å²) in [4.78, 5) is 12.2. The highest BCUT2D eigenvalue weighted by atomic mass is 35.5. The summed E-state index contributed by atoms with van der Waals surface area (Å²) in [7, 11) is 0. The Morgan fingerprint density at radius 2 is 2.07 bits per heavy atom. The van der Waals surface area contributed by atoms with Crippen LogP contribution in [-0.4, -0.2) is 26.4 Å². The number of amides is 1. The maximum Gasteiger partial charge on any atom is 0.234 e. The van der Waals surface area contributed by atoms with Crippen LogP contribution in [0.3, 0.4) is 0 Å². The van der Waals surface area contributed by atoms with Crippen molar-refractivity contribution < 1.29 is 9.18 Å². The smallest absolute Gasteiger partial charge is 0.234 e. The maximum absolute atomic E-state index is 13.6. The maximum atomic E-state index is 13.6. The third kappa shape index (κ3) is 4.67.